The van der Waals surface area contributed by atoms with Crippen LogP contribution in [0.1, 0.15) is 25.8 Å². The molecule has 1 aliphatic rings. The zero-order chi connectivity index (χ0) is 10.4. The fourth-order valence-corrected chi connectivity index (χ4v) is 2.40. The second-order valence-corrected chi connectivity index (χ2v) is 4.30. The van der Waals surface area contributed by atoms with Crippen molar-refractivity contribution in [3.63, 3.8) is 0 Å². The summed E-state index contributed by atoms with van der Waals surface area (Å²) in [7, 11) is 0. The second-order valence-electron chi connectivity index (χ2n) is 4.30. The lowest BCUT2D eigenvalue weighted by molar-refractivity contribution is 0.661. The average molecular weight is 201 g/mol. The van der Waals surface area contributed by atoms with Crippen LogP contribution in [0.25, 0.3) is 11.0 Å². The van der Waals surface area contributed by atoms with Gasteiger partial charge >= 0.3 is 0 Å². The van der Waals surface area contributed by atoms with Gasteiger partial charge in [0.05, 0.1) is 11.0 Å². The first kappa shape index (κ1) is 8.77. The Morgan fingerprint density at radius 2 is 2.27 bits per heavy atom. The van der Waals surface area contributed by atoms with Crippen LogP contribution in [0.15, 0.2) is 24.3 Å². The SMILES string of the molecule is CCC1CC1n1c(N)nc2ccccc21. The first-order chi connectivity index (χ1) is 7.31. The fraction of sp³-hybridized carbons (Fsp3) is 0.417. The van der Waals surface area contributed by atoms with Gasteiger partial charge in [-0.15, -0.1) is 0 Å². The van der Waals surface area contributed by atoms with Crippen LogP contribution in [0.3, 0.4) is 0 Å². The van der Waals surface area contributed by atoms with Gasteiger partial charge in [0.15, 0.2) is 0 Å². The molecule has 1 aromatic carbocycles. The highest BCUT2D eigenvalue weighted by molar-refractivity contribution is 5.78. The maximum atomic E-state index is 5.96. The predicted molar refractivity (Wildman–Crippen MR) is 61.6 cm³/mol. The third kappa shape index (κ3) is 1.23. The van der Waals surface area contributed by atoms with E-state index in [2.05, 4.69) is 22.5 Å². The van der Waals surface area contributed by atoms with Gasteiger partial charge in [-0.25, -0.2) is 4.98 Å². The van der Waals surface area contributed by atoms with E-state index in [0.717, 1.165) is 11.4 Å². The van der Waals surface area contributed by atoms with Gasteiger partial charge in [-0.1, -0.05) is 25.5 Å². The smallest absolute Gasteiger partial charge is 0.201 e. The summed E-state index contributed by atoms with van der Waals surface area (Å²) in [6.07, 6.45) is 2.48. The molecule has 1 aliphatic carbocycles. The van der Waals surface area contributed by atoms with Crippen molar-refractivity contribution in [3.05, 3.63) is 24.3 Å². The molecule has 78 valence electrons. The van der Waals surface area contributed by atoms with Crippen molar-refractivity contribution in [2.45, 2.75) is 25.8 Å². The molecular weight excluding hydrogens is 186 g/mol. The van der Waals surface area contributed by atoms with E-state index in [1.54, 1.807) is 0 Å². The summed E-state index contributed by atoms with van der Waals surface area (Å²) in [6, 6.07) is 8.75. The number of aromatic nitrogens is 2. The number of benzene rings is 1. The molecule has 2 unspecified atom stereocenters. The minimum atomic E-state index is 0.586. The van der Waals surface area contributed by atoms with Gasteiger partial charge < -0.3 is 10.3 Å². The van der Waals surface area contributed by atoms with Gasteiger partial charge in [-0.2, -0.15) is 0 Å². The number of para-hydroxylation sites is 2. The number of nitrogens with two attached hydrogens (primary N) is 1. The first-order valence-electron chi connectivity index (χ1n) is 5.53. The number of hydrogen-bond acceptors (Lipinski definition) is 2. The lowest BCUT2D eigenvalue weighted by atomic mass is 10.3. The van der Waals surface area contributed by atoms with Crippen LogP contribution in [0.2, 0.25) is 0 Å². The maximum Gasteiger partial charge on any atom is 0.201 e. The van der Waals surface area contributed by atoms with Crippen LogP contribution < -0.4 is 5.73 Å². The number of hydrogen-bond donors (Lipinski definition) is 1. The number of nitrogens with zero attached hydrogens (tertiary/aromatic N) is 2. The average Bonchev–Trinajstić information content (AvgIpc) is 2.93. The van der Waals surface area contributed by atoms with Crippen molar-refractivity contribution < 1.29 is 0 Å². The molecule has 1 fully saturated rings. The van der Waals surface area contributed by atoms with Crippen molar-refractivity contribution in [3.8, 4) is 0 Å². The molecule has 0 radical (unpaired) electrons. The molecule has 2 atom stereocenters. The summed E-state index contributed by atoms with van der Waals surface area (Å²) in [4.78, 5) is 4.38. The first-order valence-corrected chi connectivity index (χ1v) is 5.53. The quantitative estimate of drug-likeness (QED) is 0.811. The van der Waals surface area contributed by atoms with E-state index in [9.17, 15) is 0 Å². The van der Waals surface area contributed by atoms with Gasteiger partial charge in [0.25, 0.3) is 0 Å². The fourth-order valence-electron chi connectivity index (χ4n) is 2.40. The van der Waals surface area contributed by atoms with Gasteiger partial charge in [-0.05, 0) is 24.5 Å². The highest BCUT2D eigenvalue weighted by Gasteiger charge is 2.38. The summed E-state index contributed by atoms with van der Waals surface area (Å²) >= 11 is 0. The van der Waals surface area contributed by atoms with E-state index in [4.69, 9.17) is 5.73 Å². The molecule has 2 N–H and O–H groups in total. The Balaban J connectivity index is 2.13. The Morgan fingerprint density at radius 3 is 3.00 bits per heavy atom. The van der Waals surface area contributed by atoms with E-state index in [1.165, 1.54) is 18.4 Å². The topological polar surface area (TPSA) is 43.8 Å². The van der Waals surface area contributed by atoms with E-state index in [1.807, 2.05) is 18.2 Å². The van der Waals surface area contributed by atoms with Gasteiger partial charge in [-0.3, -0.25) is 0 Å². The monoisotopic (exact) mass is 201 g/mol. The molecule has 15 heavy (non-hydrogen) atoms. The molecule has 3 rings (SSSR count). The third-order valence-corrected chi connectivity index (χ3v) is 3.36. The highest BCUT2D eigenvalue weighted by atomic mass is 15.2. The molecular formula is C12H15N3. The highest BCUT2D eigenvalue weighted by Crippen LogP contribution is 2.47. The Kier molecular flexibility index (Phi) is 1.75. The van der Waals surface area contributed by atoms with Crippen molar-refractivity contribution in [1.29, 1.82) is 0 Å². The van der Waals surface area contributed by atoms with Crippen LogP contribution in [0, 0.1) is 5.92 Å². The molecule has 1 saturated carbocycles. The van der Waals surface area contributed by atoms with Crippen molar-refractivity contribution in [2.75, 3.05) is 5.73 Å². The van der Waals surface area contributed by atoms with Crippen molar-refractivity contribution in [1.82, 2.24) is 9.55 Å². The number of fused-ring (bicyclic) bond motifs is 1. The van der Waals surface area contributed by atoms with Crippen LogP contribution >= 0.6 is 0 Å². The molecule has 0 saturated heterocycles. The standard InChI is InChI=1S/C12H15N3/c1-2-8-7-11(8)15-10-6-4-3-5-9(10)14-12(15)13/h3-6,8,11H,2,7H2,1H3,(H2,13,14). The molecule has 1 heterocycles. The van der Waals surface area contributed by atoms with E-state index in [-0.39, 0.29) is 0 Å². The van der Waals surface area contributed by atoms with E-state index < -0.39 is 0 Å². The number of anilines is 1. The van der Waals surface area contributed by atoms with Gasteiger partial charge in [0.1, 0.15) is 0 Å². The summed E-state index contributed by atoms with van der Waals surface area (Å²) in [5.74, 6) is 1.46. The largest absolute Gasteiger partial charge is 0.369 e. The van der Waals surface area contributed by atoms with E-state index in [0.29, 0.717) is 12.0 Å². The molecule has 2 aromatic rings. The lowest BCUT2D eigenvalue weighted by Crippen LogP contribution is -2.02. The van der Waals surface area contributed by atoms with Gasteiger partial charge in [0.2, 0.25) is 5.95 Å². The zero-order valence-corrected chi connectivity index (χ0v) is 8.85. The maximum absolute atomic E-state index is 5.96. The predicted octanol–water partition coefficient (Wildman–Crippen LogP) is 2.59. The number of nitrogen functional groups attached to an aromatic ring is 1. The third-order valence-electron chi connectivity index (χ3n) is 3.36. The van der Waals surface area contributed by atoms with E-state index >= 15 is 0 Å². The molecule has 3 nitrogen and oxygen atoms in total. The molecule has 3 heteroatoms. The summed E-state index contributed by atoms with van der Waals surface area (Å²) < 4.78 is 2.20. The van der Waals surface area contributed by atoms with Crippen LogP contribution in [-0.2, 0) is 0 Å². The Hall–Kier alpha value is -1.51. The Morgan fingerprint density at radius 1 is 1.47 bits per heavy atom. The second kappa shape index (κ2) is 2.99. The summed E-state index contributed by atoms with van der Waals surface area (Å²) in [5, 5.41) is 0. The van der Waals surface area contributed by atoms with Crippen LogP contribution in [0.5, 0.6) is 0 Å². The van der Waals surface area contributed by atoms with Gasteiger partial charge in [0, 0.05) is 6.04 Å². The summed E-state index contributed by atoms with van der Waals surface area (Å²) in [5.41, 5.74) is 8.15. The molecule has 1 aromatic heterocycles. The van der Waals surface area contributed by atoms with Crippen molar-refractivity contribution in [2.24, 2.45) is 5.92 Å². The zero-order valence-electron chi connectivity index (χ0n) is 8.85. The minimum absolute atomic E-state index is 0.586. The molecule has 0 bridgehead atoms. The number of imidazole rings is 1. The molecule has 0 aliphatic heterocycles. The normalized spacial score (nSPS) is 24.6. The summed E-state index contributed by atoms with van der Waals surface area (Å²) in [6.45, 7) is 2.24. The lowest BCUT2D eigenvalue weighted by Gasteiger charge is -2.04. The molecule has 0 spiro atoms. The Bertz CT molecular complexity index is 501. The van der Waals surface area contributed by atoms with Crippen LogP contribution in [-0.4, -0.2) is 9.55 Å². The molecule has 0 amide bonds. The Labute approximate surface area is 88.9 Å². The van der Waals surface area contributed by atoms with Crippen molar-refractivity contribution >= 4 is 17.0 Å². The minimum Gasteiger partial charge on any atom is -0.369 e. The van der Waals surface area contributed by atoms with Crippen LogP contribution in [0.4, 0.5) is 5.95 Å². The number of rotatable bonds is 2.